The molecule has 1 aliphatic rings. The summed E-state index contributed by atoms with van der Waals surface area (Å²) in [6.07, 6.45) is 0.800. The van der Waals surface area contributed by atoms with Gasteiger partial charge in [-0.25, -0.2) is 8.42 Å². The lowest BCUT2D eigenvalue weighted by Gasteiger charge is -2.11. The van der Waals surface area contributed by atoms with Gasteiger partial charge in [0.25, 0.3) is 0 Å². The van der Waals surface area contributed by atoms with Gasteiger partial charge in [0.05, 0.1) is 17.6 Å². The summed E-state index contributed by atoms with van der Waals surface area (Å²) in [5.74, 6) is 1.64. The minimum Gasteiger partial charge on any atom is -0.491 e. The molecule has 3 N–H and O–H groups in total. The fourth-order valence-electron chi connectivity index (χ4n) is 2.32. The first-order chi connectivity index (χ1) is 10.3. The normalized spacial score (nSPS) is 20.1. The van der Waals surface area contributed by atoms with Crippen LogP contribution in [0.5, 0.6) is 5.75 Å². The molecule has 1 fully saturated rings. The van der Waals surface area contributed by atoms with Gasteiger partial charge < -0.3 is 15.8 Å². The van der Waals surface area contributed by atoms with Gasteiger partial charge >= 0.3 is 0 Å². The van der Waals surface area contributed by atoms with E-state index in [4.69, 9.17) is 10.5 Å². The van der Waals surface area contributed by atoms with Gasteiger partial charge in [0.15, 0.2) is 15.8 Å². The molecule has 1 unspecified atom stereocenters. The van der Waals surface area contributed by atoms with E-state index in [1.165, 1.54) is 0 Å². The monoisotopic (exact) mass is 453 g/mol. The molecular weight excluding hydrogens is 429 g/mol. The van der Waals surface area contributed by atoms with Crippen molar-refractivity contribution < 1.29 is 13.2 Å². The predicted octanol–water partition coefficient (Wildman–Crippen LogP) is 2.25. The molecule has 0 saturated carbocycles. The summed E-state index contributed by atoms with van der Waals surface area (Å²) in [6.45, 7) is 4.38. The minimum absolute atomic E-state index is 0. The summed E-state index contributed by atoms with van der Waals surface area (Å²) < 4.78 is 28.3. The van der Waals surface area contributed by atoms with E-state index >= 15 is 0 Å². The van der Waals surface area contributed by atoms with E-state index in [0.717, 1.165) is 11.4 Å². The highest BCUT2D eigenvalue weighted by molar-refractivity contribution is 14.0. The zero-order valence-corrected chi connectivity index (χ0v) is 16.5. The van der Waals surface area contributed by atoms with Gasteiger partial charge in [-0.1, -0.05) is 0 Å². The van der Waals surface area contributed by atoms with Crippen LogP contribution in [-0.2, 0) is 9.84 Å². The van der Waals surface area contributed by atoms with Gasteiger partial charge in [-0.3, -0.25) is 4.99 Å². The molecule has 1 aromatic rings. The first-order valence-electron chi connectivity index (χ1n) is 7.38. The number of ether oxygens (including phenoxy) is 1. The van der Waals surface area contributed by atoms with Crippen molar-refractivity contribution in [2.75, 3.05) is 23.4 Å². The van der Waals surface area contributed by atoms with E-state index in [-0.39, 0.29) is 47.5 Å². The second-order valence-corrected chi connectivity index (χ2v) is 8.04. The number of halogens is 1. The van der Waals surface area contributed by atoms with E-state index < -0.39 is 9.84 Å². The minimum atomic E-state index is -2.86. The number of sulfone groups is 1. The number of benzene rings is 1. The maximum Gasteiger partial charge on any atom is 0.193 e. The van der Waals surface area contributed by atoms with Crippen LogP contribution in [0.3, 0.4) is 0 Å². The molecular formula is C15H24IN3O3S. The highest BCUT2D eigenvalue weighted by atomic mass is 127. The van der Waals surface area contributed by atoms with Crippen LogP contribution in [0.15, 0.2) is 29.3 Å². The topological polar surface area (TPSA) is 93.8 Å². The summed E-state index contributed by atoms with van der Waals surface area (Å²) in [5.41, 5.74) is 6.64. The predicted molar refractivity (Wildman–Crippen MR) is 104 cm³/mol. The Morgan fingerprint density at radius 2 is 2.04 bits per heavy atom. The van der Waals surface area contributed by atoms with Crippen molar-refractivity contribution in [1.29, 1.82) is 0 Å². The molecule has 130 valence electrons. The lowest BCUT2D eigenvalue weighted by molar-refractivity contribution is 0.242. The zero-order valence-electron chi connectivity index (χ0n) is 13.4. The molecule has 0 spiro atoms. The molecule has 6 nitrogen and oxygen atoms in total. The number of rotatable bonds is 5. The zero-order chi connectivity index (χ0) is 16.2. The highest BCUT2D eigenvalue weighted by Crippen LogP contribution is 2.19. The number of anilines is 1. The second kappa shape index (κ2) is 8.72. The van der Waals surface area contributed by atoms with E-state index in [1.807, 2.05) is 38.1 Å². The van der Waals surface area contributed by atoms with E-state index in [9.17, 15) is 8.42 Å². The van der Waals surface area contributed by atoms with Crippen LogP contribution in [0.2, 0.25) is 0 Å². The van der Waals surface area contributed by atoms with Crippen molar-refractivity contribution in [1.82, 2.24) is 0 Å². The Balaban J connectivity index is 0.00000264. The Hall–Kier alpha value is -1.03. The Kier molecular flexibility index (Phi) is 7.59. The van der Waals surface area contributed by atoms with Gasteiger partial charge in [0, 0.05) is 12.2 Å². The third-order valence-corrected chi connectivity index (χ3v) is 5.18. The van der Waals surface area contributed by atoms with Gasteiger partial charge in [-0.2, -0.15) is 0 Å². The Bertz CT molecular complexity index is 630. The van der Waals surface area contributed by atoms with Crippen molar-refractivity contribution in [3.8, 4) is 5.75 Å². The molecule has 0 aliphatic carbocycles. The second-order valence-electron chi connectivity index (χ2n) is 5.81. The first kappa shape index (κ1) is 20.0. The SMILES string of the molecule is CC(C)Oc1ccc(NC(N)=NCC2CCS(=O)(=O)C2)cc1.I. The Labute approximate surface area is 154 Å². The maximum atomic E-state index is 11.4. The number of guanidine groups is 1. The fraction of sp³-hybridized carbons (Fsp3) is 0.533. The van der Waals surface area contributed by atoms with Gasteiger partial charge in [0.1, 0.15) is 5.75 Å². The first-order valence-corrected chi connectivity index (χ1v) is 9.20. The van der Waals surface area contributed by atoms with Crippen LogP contribution < -0.4 is 15.8 Å². The summed E-state index contributed by atoms with van der Waals surface area (Å²) >= 11 is 0. The van der Waals surface area contributed by atoms with Crippen molar-refractivity contribution in [3.63, 3.8) is 0 Å². The van der Waals surface area contributed by atoms with E-state index in [0.29, 0.717) is 18.9 Å². The molecule has 1 aliphatic heterocycles. The number of hydrogen-bond acceptors (Lipinski definition) is 4. The number of hydrogen-bond donors (Lipinski definition) is 2. The third kappa shape index (κ3) is 6.94. The molecule has 2 rings (SSSR count). The molecule has 1 aromatic carbocycles. The van der Waals surface area contributed by atoms with Crippen LogP contribution in [0.25, 0.3) is 0 Å². The van der Waals surface area contributed by atoms with Crippen molar-refractivity contribution in [3.05, 3.63) is 24.3 Å². The lowest BCUT2D eigenvalue weighted by atomic mass is 10.1. The average Bonchev–Trinajstić information content (AvgIpc) is 2.78. The molecule has 1 saturated heterocycles. The number of nitrogens with two attached hydrogens (primary N) is 1. The Morgan fingerprint density at radius 1 is 1.39 bits per heavy atom. The van der Waals surface area contributed by atoms with Gasteiger partial charge in [-0.05, 0) is 50.5 Å². The van der Waals surface area contributed by atoms with E-state index in [1.54, 1.807) is 0 Å². The van der Waals surface area contributed by atoms with Crippen molar-refractivity contribution in [2.45, 2.75) is 26.4 Å². The number of nitrogens with zero attached hydrogens (tertiary/aromatic N) is 1. The van der Waals surface area contributed by atoms with Crippen LogP contribution in [0.1, 0.15) is 20.3 Å². The summed E-state index contributed by atoms with van der Waals surface area (Å²) in [5, 5.41) is 2.99. The summed E-state index contributed by atoms with van der Waals surface area (Å²) in [7, 11) is -2.86. The van der Waals surface area contributed by atoms with Crippen LogP contribution in [-0.4, -0.2) is 38.5 Å². The van der Waals surface area contributed by atoms with Crippen molar-refractivity contribution >= 4 is 45.5 Å². The average molecular weight is 453 g/mol. The van der Waals surface area contributed by atoms with Gasteiger partial charge in [-0.15, -0.1) is 24.0 Å². The number of nitrogens with one attached hydrogen (secondary N) is 1. The standard InChI is InChI=1S/C15H23N3O3S.HI/c1-11(2)21-14-5-3-13(4-6-14)18-15(16)17-9-12-7-8-22(19,20)10-12;/h3-6,11-12H,7-10H2,1-2H3,(H3,16,17,18);1H. The summed E-state index contributed by atoms with van der Waals surface area (Å²) in [4.78, 5) is 4.23. The van der Waals surface area contributed by atoms with Crippen LogP contribution in [0, 0.1) is 5.92 Å². The Morgan fingerprint density at radius 3 is 2.57 bits per heavy atom. The van der Waals surface area contributed by atoms with E-state index in [2.05, 4.69) is 10.3 Å². The lowest BCUT2D eigenvalue weighted by Crippen LogP contribution is -2.24. The fourth-order valence-corrected chi connectivity index (χ4v) is 4.17. The van der Waals surface area contributed by atoms with Crippen LogP contribution >= 0.6 is 24.0 Å². The molecule has 1 atom stereocenters. The van der Waals surface area contributed by atoms with Crippen LogP contribution in [0.4, 0.5) is 5.69 Å². The molecule has 0 radical (unpaired) electrons. The number of aliphatic imine (C=N–C) groups is 1. The quantitative estimate of drug-likeness (QED) is 0.405. The largest absolute Gasteiger partial charge is 0.491 e. The molecule has 8 heteroatoms. The highest BCUT2D eigenvalue weighted by Gasteiger charge is 2.27. The summed E-state index contributed by atoms with van der Waals surface area (Å²) in [6, 6.07) is 7.44. The molecule has 0 aromatic heterocycles. The molecule has 23 heavy (non-hydrogen) atoms. The molecule has 1 heterocycles. The molecule has 0 amide bonds. The molecule has 0 bridgehead atoms. The maximum absolute atomic E-state index is 11.4. The smallest absolute Gasteiger partial charge is 0.193 e. The van der Waals surface area contributed by atoms with Gasteiger partial charge in [0.2, 0.25) is 0 Å². The van der Waals surface area contributed by atoms with Crippen molar-refractivity contribution in [2.24, 2.45) is 16.6 Å². The third-order valence-electron chi connectivity index (χ3n) is 3.35.